The van der Waals surface area contributed by atoms with E-state index in [1.807, 2.05) is 0 Å². The number of hydrogen-bond acceptors (Lipinski definition) is 0. The van der Waals surface area contributed by atoms with Crippen LogP contribution in [0.25, 0.3) is 60.8 Å². The van der Waals surface area contributed by atoms with E-state index in [2.05, 4.69) is 135 Å². The molecule has 9 rings (SSSR count). The molecule has 0 bridgehead atoms. The molecule has 1 aliphatic heterocycles. The second kappa shape index (κ2) is 7.12. The molecule has 3 heterocycles. The van der Waals surface area contributed by atoms with E-state index < -0.39 is 0 Å². The predicted octanol–water partition coefficient (Wildman–Crippen LogP) is 7.52. The molecule has 39 heavy (non-hydrogen) atoms. The average molecular weight is 497 g/mol. The number of para-hydroxylation sites is 3. The summed E-state index contributed by atoms with van der Waals surface area (Å²) in [6.45, 7) is 6.94. The van der Waals surface area contributed by atoms with Crippen LogP contribution in [-0.2, 0) is 5.41 Å². The molecular weight excluding hydrogens is 471 g/mol. The molecule has 0 atom stereocenters. The number of aromatic nitrogens is 2. The van der Waals surface area contributed by atoms with Crippen LogP contribution in [0.5, 0.6) is 0 Å². The zero-order valence-corrected chi connectivity index (χ0v) is 22.3. The van der Waals surface area contributed by atoms with Gasteiger partial charge in [0.25, 0.3) is 0 Å². The predicted molar refractivity (Wildman–Crippen MR) is 165 cm³/mol. The van der Waals surface area contributed by atoms with Crippen LogP contribution >= 0.6 is 0 Å². The fourth-order valence-corrected chi connectivity index (χ4v) is 7.58. The molecule has 5 aromatic carbocycles. The molecule has 1 N–H and O–H groups in total. The van der Waals surface area contributed by atoms with E-state index in [1.165, 1.54) is 88.4 Å². The second-order valence-corrected chi connectivity index (χ2v) is 11.8. The number of benzene rings is 5. The van der Waals surface area contributed by atoms with Crippen LogP contribution < -0.4 is 10.9 Å². The first kappa shape index (κ1) is 21.4. The summed E-state index contributed by atoms with van der Waals surface area (Å²) in [5.74, 6) is 0. The highest BCUT2D eigenvalue weighted by Crippen LogP contribution is 2.52. The topological polar surface area (TPSA) is 20.7 Å². The molecule has 0 spiro atoms. The number of hydrogen-bond donors (Lipinski definition) is 1. The number of aryl methyl sites for hydroxylation is 1. The Labute approximate surface area is 228 Å². The summed E-state index contributed by atoms with van der Waals surface area (Å²) in [4.78, 5) is 3.92. The van der Waals surface area contributed by atoms with Crippen LogP contribution in [-0.4, -0.2) is 16.8 Å². The lowest BCUT2D eigenvalue weighted by atomic mass is 9.59. The molecule has 0 unspecified atom stereocenters. The van der Waals surface area contributed by atoms with Crippen LogP contribution in [0.4, 0.5) is 0 Å². The third-order valence-corrected chi connectivity index (χ3v) is 9.19. The largest absolute Gasteiger partial charge is 0.354 e. The van der Waals surface area contributed by atoms with Crippen molar-refractivity contribution in [3.63, 3.8) is 0 Å². The smallest absolute Gasteiger partial charge is 0.197 e. The van der Waals surface area contributed by atoms with Crippen molar-refractivity contribution in [2.24, 2.45) is 0 Å². The molecule has 0 fully saturated rings. The van der Waals surface area contributed by atoms with Crippen LogP contribution in [0, 0.1) is 6.92 Å². The van der Waals surface area contributed by atoms with Crippen LogP contribution in [0.15, 0.2) is 97.1 Å². The first-order valence-corrected chi connectivity index (χ1v) is 13.8. The molecule has 1 radical (unpaired) electrons. The van der Waals surface area contributed by atoms with E-state index in [4.69, 9.17) is 0 Å². The molecule has 2 aliphatic rings. The van der Waals surface area contributed by atoms with Crippen LogP contribution in [0.1, 0.15) is 30.5 Å². The van der Waals surface area contributed by atoms with Gasteiger partial charge in [-0.15, -0.1) is 0 Å². The summed E-state index contributed by atoms with van der Waals surface area (Å²) in [6, 6.07) is 35.9. The zero-order valence-electron chi connectivity index (χ0n) is 22.3. The minimum atomic E-state index is -0.0461. The minimum Gasteiger partial charge on any atom is -0.354 e. The van der Waals surface area contributed by atoms with E-state index in [1.54, 1.807) is 0 Å². The van der Waals surface area contributed by atoms with E-state index in [-0.39, 0.29) is 5.41 Å². The van der Waals surface area contributed by atoms with Gasteiger partial charge in [0.05, 0.1) is 16.7 Å². The molecule has 183 valence electrons. The highest BCUT2D eigenvalue weighted by atomic mass is 15.0. The third-order valence-electron chi connectivity index (χ3n) is 9.19. The lowest BCUT2D eigenvalue weighted by Crippen LogP contribution is -2.37. The maximum atomic E-state index is 3.92. The Morgan fingerprint density at radius 1 is 0.718 bits per heavy atom. The fourth-order valence-electron chi connectivity index (χ4n) is 7.58. The van der Waals surface area contributed by atoms with Crippen molar-refractivity contribution >= 4 is 50.9 Å². The quantitative estimate of drug-likeness (QED) is 0.227. The lowest BCUT2D eigenvalue weighted by Gasteiger charge is -2.24. The number of nitrogens with one attached hydrogen (secondary N) is 1. The minimum absolute atomic E-state index is 0.0461. The molecule has 2 nitrogen and oxygen atoms in total. The zero-order chi connectivity index (χ0) is 26.0. The molecule has 0 saturated carbocycles. The maximum absolute atomic E-state index is 3.92. The van der Waals surface area contributed by atoms with Gasteiger partial charge in [-0.05, 0) is 46.8 Å². The maximum Gasteiger partial charge on any atom is 0.197 e. The Morgan fingerprint density at radius 2 is 1.46 bits per heavy atom. The monoisotopic (exact) mass is 497 g/mol. The van der Waals surface area contributed by atoms with Crippen molar-refractivity contribution < 1.29 is 0 Å². The third kappa shape index (κ3) is 2.58. The summed E-state index contributed by atoms with van der Waals surface area (Å²) in [6.07, 6.45) is 0. The summed E-state index contributed by atoms with van der Waals surface area (Å²) < 4.78 is 2.49. The van der Waals surface area contributed by atoms with Crippen LogP contribution in [0.3, 0.4) is 0 Å². The van der Waals surface area contributed by atoms with Gasteiger partial charge >= 0.3 is 0 Å². The van der Waals surface area contributed by atoms with Crippen molar-refractivity contribution in [2.45, 2.75) is 26.2 Å². The summed E-state index contributed by atoms with van der Waals surface area (Å²) in [5.41, 5.74) is 16.8. The van der Waals surface area contributed by atoms with Gasteiger partial charge in [-0.1, -0.05) is 104 Å². The Balaban J connectivity index is 1.37. The first-order valence-electron chi connectivity index (χ1n) is 13.8. The van der Waals surface area contributed by atoms with E-state index in [0.717, 1.165) is 0 Å². The summed E-state index contributed by atoms with van der Waals surface area (Å²) in [7, 11) is 2.40. The van der Waals surface area contributed by atoms with Gasteiger partial charge in [-0.25, -0.2) is 0 Å². The molecule has 3 heteroatoms. The van der Waals surface area contributed by atoms with Gasteiger partial charge < -0.3 is 9.55 Å². The van der Waals surface area contributed by atoms with Gasteiger partial charge in [0.2, 0.25) is 0 Å². The average Bonchev–Trinajstić information content (AvgIpc) is 3.58. The van der Waals surface area contributed by atoms with E-state index in [0.29, 0.717) is 0 Å². The first-order chi connectivity index (χ1) is 19.0. The van der Waals surface area contributed by atoms with Crippen molar-refractivity contribution in [2.75, 3.05) is 0 Å². The SMILES string of the molecule is Cc1cc(-c2cccc3c4c([nH]c23)-c2ccccc2C4(C)C)c2c(c1)-n1c3ccccc3c3cccc(c31)[B]2. The number of H-pyrrole nitrogens is 1. The van der Waals surface area contributed by atoms with Crippen molar-refractivity contribution in [1.82, 2.24) is 9.55 Å². The molecular formula is C36H26BN2. The van der Waals surface area contributed by atoms with Crippen LogP contribution in [0.2, 0.25) is 0 Å². The Hall–Kier alpha value is -4.50. The van der Waals surface area contributed by atoms with Crippen molar-refractivity contribution in [3.8, 4) is 28.1 Å². The summed E-state index contributed by atoms with van der Waals surface area (Å²) >= 11 is 0. The van der Waals surface area contributed by atoms with Gasteiger partial charge in [-0.2, -0.15) is 0 Å². The number of fused-ring (bicyclic) bond motifs is 10. The van der Waals surface area contributed by atoms with E-state index in [9.17, 15) is 0 Å². The highest BCUT2D eigenvalue weighted by molar-refractivity contribution is 6.73. The Bertz CT molecular complexity index is 2190. The second-order valence-electron chi connectivity index (χ2n) is 11.8. The number of nitrogens with zero attached hydrogens (tertiary/aromatic N) is 1. The standard InChI is InChI=1S/C36H26BN2/c1-20-18-26(22-12-8-14-25-31-34(38-33(22)25)24-11-4-6-15-27(24)36(31,2)3)32-30(19-20)39-29-17-7-5-10-21(29)23-13-9-16-28(37-32)35(23)39/h4-19,38H,1-3H3. The highest BCUT2D eigenvalue weighted by Gasteiger charge is 2.38. The molecule has 7 aromatic rings. The number of rotatable bonds is 1. The lowest BCUT2D eigenvalue weighted by molar-refractivity contribution is 0.666. The summed E-state index contributed by atoms with van der Waals surface area (Å²) in [5, 5.41) is 3.95. The molecule has 0 saturated heterocycles. The van der Waals surface area contributed by atoms with Crippen molar-refractivity contribution in [3.05, 3.63) is 114 Å². The molecule has 2 aromatic heterocycles. The van der Waals surface area contributed by atoms with Gasteiger partial charge in [0, 0.05) is 43.9 Å². The normalized spacial score (nSPS) is 14.4. The number of aromatic amines is 1. The van der Waals surface area contributed by atoms with Gasteiger partial charge in [0.15, 0.2) is 7.28 Å². The van der Waals surface area contributed by atoms with Gasteiger partial charge in [0.1, 0.15) is 0 Å². The Morgan fingerprint density at radius 3 is 2.38 bits per heavy atom. The molecule has 0 amide bonds. The molecule has 1 aliphatic carbocycles. The Kier molecular flexibility index (Phi) is 3.91. The fraction of sp³-hybridized carbons (Fsp3) is 0.111. The van der Waals surface area contributed by atoms with Crippen molar-refractivity contribution in [1.29, 1.82) is 0 Å². The van der Waals surface area contributed by atoms with E-state index >= 15 is 0 Å². The van der Waals surface area contributed by atoms with Gasteiger partial charge in [-0.3, -0.25) is 0 Å².